The summed E-state index contributed by atoms with van der Waals surface area (Å²) in [5.74, 6) is -3.36. The van der Waals surface area contributed by atoms with E-state index in [2.05, 4.69) is 10.4 Å². The average molecular weight is 503 g/mol. The number of phenolic OH excluding ortho intramolecular Hbond substituents is 1. The first kappa shape index (κ1) is 28.0. The van der Waals surface area contributed by atoms with Crippen molar-refractivity contribution in [3.05, 3.63) is 59.3 Å². The first-order valence-corrected chi connectivity index (χ1v) is 11.2. The van der Waals surface area contributed by atoms with E-state index in [9.17, 15) is 31.2 Å². The third-order valence-electron chi connectivity index (χ3n) is 5.36. The maximum atomic E-state index is 13.1. The summed E-state index contributed by atoms with van der Waals surface area (Å²) in [5.41, 5.74) is -0.949. The number of carbonyl (C=O) groups is 1. The molecule has 1 saturated carbocycles. The molecule has 5 nitrogen and oxygen atoms in total. The highest BCUT2D eigenvalue weighted by molar-refractivity contribution is 5.94. The molecule has 1 heterocycles. The van der Waals surface area contributed by atoms with Crippen LogP contribution in [0.2, 0.25) is 0 Å². The van der Waals surface area contributed by atoms with Crippen LogP contribution in [-0.2, 0) is 6.18 Å². The zero-order chi connectivity index (χ0) is 26.2. The predicted octanol–water partition coefficient (Wildman–Crippen LogP) is 6.79. The van der Waals surface area contributed by atoms with E-state index < -0.39 is 35.0 Å². The van der Waals surface area contributed by atoms with Crippen LogP contribution < -0.4 is 5.32 Å². The van der Waals surface area contributed by atoms with E-state index in [1.807, 2.05) is 13.8 Å². The lowest BCUT2D eigenvalue weighted by molar-refractivity contribution is -0.137. The molecule has 1 aliphatic carbocycles. The van der Waals surface area contributed by atoms with Crippen LogP contribution in [0.3, 0.4) is 0 Å². The minimum Gasteiger partial charge on any atom is -0.503 e. The second kappa shape index (κ2) is 12.5. The molecule has 1 aliphatic rings. The van der Waals surface area contributed by atoms with E-state index in [0.29, 0.717) is 17.8 Å². The summed E-state index contributed by atoms with van der Waals surface area (Å²) < 4.78 is 75.3. The van der Waals surface area contributed by atoms with Crippen LogP contribution in [0.15, 0.2) is 36.5 Å². The minimum atomic E-state index is -4.42. The average Bonchev–Trinajstić information content (AvgIpc) is 3.21. The van der Waals surface area contributed by atoms with Gasteiger partial charge in [-0.2, -0.15) is 13.2 Å². The minimum absolute atomic E-state index is 0.00911. The highest BCUT2D eigenvalue weighted by atomic mass is 19.4. The molecule has 1 aromatic heterocycles. The molecule has 0 aliphatic heterocycles. The molecule has 0 atom stereocenters. The summed E-state index contributed by atoms with van der Waals surface area (Å²) in [6.45, 7) is 4.53. The lowest BCUT2D eigenvalue weighted by Gasteiger charge is -2.21. The number of rotatable bonds is 3. The lowest BCUT2D eigenvalue weighted by Crippen LogP contribution is -2.30. The third-order valence-corrected chi connectivity index (χ3v) is 5.36. The Morgan fingerprint density at radius 3 is 2.26 bits per heavy atom. The molecule has 4 rings (SSSR count). The highest BCUT2D eigenvalue weighted by Crippen LogP contribution is 2.31. The van der Waals surface area contributed by atoms with Gasteiger partial charge in [0.25, 0.3) is 5.91 Å². The maximum absolute atomic E-state index is 13.1. The molecule has 192 valence electrons. The summed E-state index contributed by atoms with van der Waals surface area (Å²) in [4.78, 5) is 11.8. The molecule has 1 fully saturated rings. The van der Waals surface area contributed by atoms with Gasteiger partial charge in [0.2, 0.25) is 0 Å². The Labute approximate surface area is 198 Å². The number of hydrogen-bond donors (Lipinski definition) is 2. The van der Waals surface area contributed by atoms with Gasteiger partial charge in [-0.05, 0) is 43.0 Å². The van der Waals surface area contributed by atoms with Gasteiger partial charge in [0.1, 0.15) is 0 Å². The molecule has 0 saturated heterocycles. The second-order valence-corrected chi connectivity index (χ2v) is 7.79. The van der Waals surface area contributed by atoms with Crippen molar-refractivity contribution in [2.24, 2.45) is 5.92 Å². The Kier molecular flexibility index (Phi) is 9.97. The van der Waals surface area contributed by atoms with Gasteiger partial charge < -0.3 is 10.4 Å². The van der Waals surface area contributed by atoms with Crippen molar-refractivity contribution in [1.82, 2.24) is 15.3 Å². The zero-order valence-electron chi connectivity index (χ0n) is 19.3. The number of halogens is 6. The number of nitrogens with zero attached hydrogens (tertiary/aromatic N) is 2. The fourth-order valence-electron chi connectivity index (χ4n) is 3.59. The number of amides is 1. The molecule has 35 heavy (non-hydrogen) atoms. The lowest BCUT2D eigenvalue weighted by atomic mass is 9.89. The molecule has 2 N–H and O–H groups in total. The van der Waals surface area contributed by atoms with Gasteiger partial charge in [-0.1, -0.05) is 43.7 Å². The van der Waals surface area contributed by atoms with Gasteiger partial charge >= 0.3 is 6.18 Å². The van der Waals surface area contributed by atoms with Gasteiger partial charge in [-0.25, -0.2) is 8.78 Å². The molecule has 1 amide bonds. The molecule has 0 spiro atoms. The summed E-state index contributed by atoms with van der Waals surface area (Å²) in [6.07, 6.45) is 2.33. The van der Waals surface area contributed by atoms with E-state index in [1.54, 1.807) is 0 Å². The topological polar surface area (TPSA) is 67.2 Å². The van der Waals surface area contributed by atoms with Crippen LogP contribution in [-0.4, -0.2) is 27.6 Å². The van der Waals surface area contributed by atoms with Crippen LogP contribution in [0.25, 0.3) is 10.9 Å². The molecule has 2 aromatic carbocycles. The van der Waals surface area contributed by atoms with Crippen molar-refractivity contribution in [3.63, 3.8) is 0 Å². The van der Waals surface area contributed by atoms with Gasteiger partial charge in [-0.3, -0.25) is 4.79 Å². The van der Waals surface area contributed by atoms with Crippen molar-refractivity contribution >= 4 is 16.8 Å². The van der Waals surface area contributed by atoms with Crippen molar-refractivity contribution in [2.75, 3.05) is 6.54 Å². The van der Waals surface area contributed by atoms with Crippen molar-refractivity contribution in [2.45, 2.75) is 52.1 Å². The number of aromatic hydroxyl groups is 1. The van der Waals surface area contributed by atoms with E-state index in [0.717, 1.165) is 43.3 Å². The second-order valence-electron chi connectivity index (χ2n) is 7.79. The van der Waals surface area contributed by atoms with Crippen molar-refractivity contribution in [1.29, 1.82) is 0 Å². The Balaban J connectivity index is 0.000000239. The standard InChI is InChI=1S/C14H17F2NO2.C8H4F4N2.C2H6/c15-11-6-10(7-12(16)13(11)18)14(19)17-8-9-4-2-1-3-5-9;9-8(10,11)6-2-1-5-4-14(12)13-7(5)3-6;1-2/h6-7,9,18H,1-5,8H2,(H,17,19);1-4H;1-2H3. The molecular formula is C24H27F6N3O2. The number of nitrogens with one attached hydrogen (secondary N) is 1. The Morgan fingerprint density at radius 1 is 1.09 bits per heavy atom. The van der Waals surface area contributed by atoms with E-state index in [-0.39, 0.29) is 16.0 Å². The number of carbonyl (C=O) groups excluding carboxylic acids is 1. The van der Waals surface area contributed by atoms with E-state index >= 15 is 0 Å². The van der Waals surface area contributed by atoms with Gasteiger partial charge in [0, 0.05) is 17.5 Å². The van der Waals surface area contributed by atoms with E-state index in [1.165, 1.54) is 25.3 Å². The van der Waals surface area contributed by atoms with Crippen molar-refractivity contribution < 1.29 is 36.3 Å². The first-order chi connectivity index (χ1) is 16.5. The maximum Gasteiger partial charge on any atom is 0.416 e. The van der Waals surface area contributed by atoms with Gasteiger partial charge in [0.05, 0.1) is 17.3 Å². The third kappa shape index (κ3) is 7.90. The molecule has 0 unspecified atom stereocenters. The van der Waals surface area contributed by atoms with E-state index in [4.69, 9.17) is 5.11 Å². The van der Waals surface area contributed by atoms with Crippen LogP contribution in [0, 0.1) is 17.6 Å². The van der Waals surface area contributed by atoms with Gasteiger partial charge in [-0.15, -0.1) is 10.0 Å². The van der Waals surface area contributed by atoms with Crippen LogP contribution >= 0.6 is 0 Å². The molecular weight excluding hydrogens is 476 g/mol. The van der Waals surface area contributed by atoms with Crippen LogP contribution in [0.5, 0.6) is 5.75 Å². The quantitative estimate of drug-likeness (QED) is 0.387. The zero-order valence-corrected chi connectivity index (χ0v) is 19.3. The smallest absolute Gasteiger partial charge is 0.416 e. The van der Waals surface area contributed by atoms with Gasteiger partial charge in [0.15, 0.2) is 17.4 Å². The number of aromatic nitrogens is 2. The predicted molar refractivity (Wildman–Crippen MR) is 120 cm³/mol. The largest absolute Gasteiger partial charge is 0.503 e. The molecule has 11 heteroatoms. The summed E-state index contributed by atoms with van der Waals surface area (Å²) in [7, 11) is 0. The first-order valence-electron chi connectivity index (χ1n) is 11.2. The fraction of sp³-hybridized carbons (Fsp3) is 0.417. The number of hydrogen-bond acceptors (Lipinski definition) is 3. The summed E-state index contributed by atoms with van der Waals surface area (Å²) >= 11 is 0. The fourth-order valence-corrected chi connectivity index (χ4v) is 3.59. The summed E-state index contributed by atoms with van der Waals surface area (Å²) in [5, 5.41) is 15.2. The van der Waals surface area contributed by atoms with Crippen LogP contribution in [0.4, 0.5) is 26.4 Å². The number of fused-ring (bicyclic) bond motifs is 1. The normalized spacial score (nSPS) is 13.9. The Hall–Kier alpha value is -3.24. The van der Waals surface area contributed by atoms with Crippen LogP contribution in [0.1, 0.15) is 61.9 Å². The summed E-state index contributed by atoms with van der Waals surface area (Å²) in [6, 6.07) is 4.57. The molecule has 0 radical (unpaired) electrons. The SMILES string of the molecule is CC.Fn1cc2ccc(C(F)(F)F)cc2n1.O=C(NCC1CCCCC1)c1cc(F)c(O)c(F)c1. The molecule has 0 bridgehead atoms. The number of phenols is 1. The number of alkyl halides is 3. The monoisotopic (exact) mass is 503 g/mol. The van der Waals surface area contributed by atoms with Crippen molar-refractivity contribution in [3.8, 4) is 5.75 Å². The Morgan fingerprint density at radius 2 is 1.69 bits per heavy atom. The molecule has 3 aromatic rings. The number of benzene rings is 2. The highest BCUT2D eigenvalue weighted by Gasteiger charge is 2.30. The Bertz CT molecular complexity index is 1100.